The van der Waals surface area contributed by atoms with Gasteiger partial charge in [-0.25, -0.2) is 4.99 Å². The van der Waals surface area contributed by atoms with Crippen LogP contribution in [0, 0.1) is 0 Å². The average molecular weight is 526 g/mol. The summed E-state index contributed by atoms with van der Waals surface area (Å²) in [6, 6.07) is 12.7. The number of benzene rings is 1. The van der Waals surface area contributed by atoms with E-state index in [1.165, 1.54) is 16.0 Å². The van der Waals surface area contributed by atoms with Gasteiger partial charge in [0.25, 0.3) is 0 Å². The second-order valence-electron chi connectivity index (χ2n) is 7.16. The summed E-state index contributed by atoms with van der Waals surface area (Å²) in [5.41, 5.74) is 2.35. The van der Waals surface area contributed by atoms with Crippen LogP contribution in [-0.2, 0) is 24.3 Å². The number of hydrogen-bond acceptors (Lipinski definition) is 3. The molecule has 1 aliphatic rings. The number of carbonyl (C=O) groups is 1. The first-order valence-corrected chi connectivity index (χ1v) is 10.9. The fourth-order valence-electron chi connectivity index (χ4n) is 3.39. The van der Waals surface area contributed by atoms with E-state index in [2.05, 4.69) is 66.0 Å². The van der Waals surface area contributed by atoms with Crippen molar-refractivity contribution in [1.82, 2.24) is 15.1 Å². The number of thiophene rings is 1. The van der Waals surface area contributed by atoms with Crippen LogP contribution in [0.1, 0.15) is 35.8 Å². The van der Waals surface area contributed by atoms with Gasteiger partial charge < -0.3 is 15.1 Å². The number of aliphatic imine (C=N–C) groups is 1. The second kappa shape index (κ2) is 12.2. The van der Waals surface area contributed by atoms with Crippen LogP contribution in [-0.4, -0.2) is 48.3 Å². The molecular weight excluding hydrogens is 495 g/mol. The molecule has 1 aromatic carbocycles. The number of guanidine groups is 1. The van der Waals surface area contributed by atoms with E-state index in [0.717, 1.165) is 38.4 Å². The summed E-state index contributed by atoms with van der Waals surface area (Å²) in [4.78, 5) is 22.2. The Bertz CT molecular complexity index is 794. The molecule has 0 bridgehead atoms. The standard InChI is InChI=1S/C22H30N4OS.HI/c1-3-23-22(25(2)13-11-20-9-6-14-28-20)24-16-18-7-4-8-19(15-18)17-26-12-5-10-21(26)27;/h4,6-9,14-15H,3,5,10-13,16-17H2,1-2H3,(H,23,24);1H. The van der Waals surface area contributed by atoms with Gasteiger partial charge in [-0.05, 0) is 42.3 Å². The molecule has 3 rings (SSSR count). The van der Waals surface area contributed by atoms with E-state index in [-0.39, 0.29) is 29.9 Å². The van der Waals surface area contributed by atoms with E-state index in [0.29, 0.717) is 19.5 Å². The summed E-state index contributed by atoms with van der Waals surface area (Å²) in [5.74, 6) is 1.20. The largest absolute Gasteiger partial charge is 0.357 e. The summed E-state index contributed by atoms with van der Waals surface area (Å²) >= 11 is 1.80. The molecule has 1 aromatic heterocycles. The first-order chi connectivity index (χ1) is 13.7. The lowest BCUT2D eigenvalue weighted by Gasteiger charge is -2.22. The number of carbonyl (C=O) groups excluding carboxylic acids is 1. The van der Waals surface area contributed by atoms with E-state index in [4.69, 9.17) is 4.99 Å². The number of rotatable bonds is 8. The zero-order valence-corrected chi connectivity index (χ0v) is 20.4. The van der Waals surface area contributed by atoms with Gasteiger partial charge in [0.15, 0.2) is 5.96 Å². The van der Waals surface area contributed by atoms with Gasteiger partial charge in [0.2, 0.25) is 5.91 Å². The molecule has 0 saturated carbocycles. The molecule has 2 aromatic rings. The molecule has 0 radical (unpaired) electrons. The van der Waals surface area contributed by atoms with Gasteiger partial charge in [-0.3, -0.25) is 4.79 Å². The lowest BCUT2D eigenvalue weighted by Crippen LogP contribution is -2.39. The number of halogens is 1. The van der Waals surface area contributed by atoms with Crippen molar-refractivity contribution < 1.29 is 4.79 Å². The fourth-order valence-corrected chi connectivity index (χ4v) is 4.09. The van der Waals surface area contributed by atoms with Crippen molar-refractivity contribution in [3.05, 3.63) is 57.8 Å². The lowest BCUT2D eigenvalue weighted by atomic mass is 10.1. The molecule has 1 fully saturated rings. The average Bonchev–Trinajstić information content (AvgIpc) is 3.36. The molecule has 1 amide bonds. The minimum atomic E-state index is 0. The van der Waals surface area contributed by atoms with Gasteiger partial charge >= 0.3 is 0 Å². The van der Waals surface area contributed by atoms with Gasteiger partial charge in [-0.1, -0.05) is 30.3 Å². The molecular formula is C22H31IN4OS. The van der Waals surface area contributed by atoms with Crippen LogP contribution < -0.4 is 5.32 Å². The molecule has 2 heterocycles. The summed E-state index contributed by atoms with van der Waals surface area (Å²) in [7, 11) is 2.09. The molecule has 0 atom stereocenters. The van der Waals surface area contributed by atoms with Crippen molar-refractivity contribution in [2.45, 2.75) is 39.3 Å². The van der Waals surface area contributed by atoms with Crippen LogP contribution in [0.4, 0.5) is 0 Å². The number of likely N-dealkylation sites (tertiary alicyclic amines) is 1. The van der Waals surface area contributed by atoms with E-state index in [1.807, 2.05) is 4.90 Å². The predicted octanol–water partition coefficient (Wildman–Crippen LogP) is 4.13. The van der Waals surface area contributed by atoms with Crippen LogP contribution in [0.25, 0.3) is 0 Å². The van der Waals surface area contributed by atoms with E-state index >= 15 is 0 Å². The van der Waals surface area contributed by atoms with Crippen molar-refractivity contribution in [1.29, 1.82) is 0 Å². The molecule has 7 heteroatoms. The predicted molar refractivity (Wildman–Crippen MR) is 132 cm³/mol. The van der Waals surface area contributed by atoms with Crippen LogP contribution in [0.2, 0.25) is 0 Å². The summed E-state index contributed by atoms with van der Waals surface area (Å²) < 4.78 is 0. The van der Waals surface area contributed by atoms with Gasteiger partial charge in [0.05, 0.1) is 6.54 Å². The monoisotopic (exact) mass is 526 g/mol. The summed E-state index contributed by atoms with van der Waals surface area (Å²) in [6.07, 6.45) is 2.69. The molecule has 158 valence electrons. The third kappa shape index (κ3) is 7.29. The van der Waals surface area contributed by atoms with Gasteiger partial charge in [0, 0.05) is 44.5 Å². The molecule has 0 aliphatic carbocycles. The lowest BCUT2D eigenvalue weighted by molar-refractivity contribution is -0.128. The van der Waals surface area contributed by atoms with E-state index in [1.54, 1.807) is 11.3 Å². The highest BCUT2D eigenvalue weighted by molar-refractivity contribution is 14.0. The maximum atomic E-state index is 11.9. The first-order valence-electron chi connectivity index (χ1n) is 10.0. The molecule has 1 aliphatic heterocycles. The maximum Gasteiger partial charge on any atom is 0.222 e. The first kappa shape index (κ1) is 23.7. The van der Waals surface area contributed by atoms with Crippen LogP contribution in [0.5, 0.6) is 0 Å². The number of likely N-dealkylation sites (N-methyl/N-ethyl adjacent to an activating group) is 1. The number of nitrogens with zero attached hydrogens (tertiary/aromatic N) is 3. The summed E-state index contributed by atoms with van der Waals surface area (Å²) in [5, 5.41) is 5.51. The molecule has 29 heavy (non-hydrogen) atoms. The molecule has 1 N–H and O–H groups in total. The Morgan fingerprint density at radius 2 is 2.10 bits per heavy atom. The van der Waals surface area contributed by atoms with Crippen molar-refractivity contribution in [3.8, 4) is 0 Å². The Morgan fingerprint density at radius 3 is 2.79 bits per heavy atom. The third-order valence-corrected chi connectivity index (χ3v) is 5.85. The normalized spacial score (nSPS) is 14.1. The fraction of sp³-hybridized carbons (Fsp3) is 0.455. The Balaban J connectivity index is 0.00000300. The Morgan fingerprint density at radius 1 is 1.28 bits per heavy atom. The van der Waals surface area contributed by atoms with Gasteiger partial charge in [-0.2, -0.15) is 0 Å². The van der Waals surface area contributed by atoms with Crippen LogP contribution >= 0.6 is 35.3 Å². The highest BCUT2D eigenvalue weighted by Crippen LogP contribution is 2.16. The number of nitrogens with one attached hydrogen (secondary N) is 1. The van der Waals surface area contributed by atoms with E-state index < -0.39 is 0 Å². The Hall–Kier alpha value is -1.61. The quantitative estimate of drug-likeness (QED) is 0.320. The Labute approximate surface area is 195 Å². The van der Waals surface area contributed by atoms with E-state index in [9.17, 15) is 4.79 Å². The highest BCUT2D eigenvalue weighted by atomic mass is 127. The third-order valence-electron chi connectivity index (χ3n) is 4.92. The molecule has 0 unspecified atom stereocenters. The van der Waals surface area contributed by atoms with Gasteiger partial charge in [-0.15, -0.1) is 35.3 Å². The topological polar surface area (TPSA) is 47.9 Å². The number of hydrogen-bond donors (Lipinski definition) is 1. The maximum absolute atomic E-state index is 11.9. The van der Waals surface area contributed by atoms with Crippen LogP contribution in [0.15, 0.2) is 46.8 Å². The van der Waals surface area contributed by atoms with Gasteiger partial charge in [0.1, 0.15) is 0 Å². The zero-order chi connectivity index (χ0) is 19.8. The minimum Gasteiger partial charge on any atom is -0.357 e. The van der Waals surface area contributed by atoms with Crippen LogP contribution in [0.3, 0.4) is 0 Å². The molecule has 0 spiro atoms. The second-order valence-corrected chi connectivity index (χ2v) is 8.19. The highest BCUT2D eigenvalue weighted by Gasteiger charge is 2.19. The molecule has 1 saturated heterocycles. The van der Waals surface area contributed by atoms with Crippen molar-refractivity contribution >= 4 is 47.2 Å². The molecule has 5 nitrogen and oxygen atoms in total. The zero-order valence-electron chi connectivity index (χ0n) is 17.3. The number of amides is 1. The SMILES string of the molecule is CCNC(=NCc1cccc(CN2CCCC2=O)c1)N(C)CCc1cccs1.I. The minimum absolute atomic E-state index is 0. The van der Waals surface area contributed by atoms with Crippen molar-refractivity contribution in [2.24, 2.45) is 4.99 Å². The smallest absolute Gasteiger partial charge is 0.222 e. The van der Waals surface area contributed by atoms with Crippen molar-refractivity contribution in [2.75, 3.05) is 26.7 Å². The van der Waals surface area contributed by atoms with Crippen molar-refractivity contribution in [3.63, 3.8) is 0 Å². The summed E-state index contributed by atoms with van der Waals surface area (Å²) in [6.45, 7) is 6.09. The Kier molecular flexibility index (Phi) is 9.93.